The Kier molecular flexibility index (Phi) is 6.29. The summed E-state index contributed by atoms with van der Waals surface area (Å²) >= 11 is 0. The van der Waals surface area contributed by atoms with E-state index in [1.54, 1.807) is 0 Å². The number of aryl methyl sites for hydroxylation is 1. The molecule has 0 radical (unpaired) electrons. The molecule has 1 aliphatic rings. The van der Waals surface area contributed by atoms with Gasteiger partial charge < -0.3 is 14.9 Å². The topological polar surface area (TPSA) is 81.6 Å². The molecule has 3 N–H and O–H groups in total. The van der Waals surface area contributed by atoms with Crippen LogP contribution in [0, 0.1) is 12.8 Å². The van der Waals surface area contributed by atoms with Gasteiger partial charge in [0.15, 0.2) is 0 Å². The van der Waals surface area contributed by atoms with Gasteiger partial charge >= 0.3 is 0 Å². The van der Waals surface area contributed by atoms with E-state index in [2.05, 4.69) is 22.0 Å². The van der Waals surface area contributed by atoms with E-state index >= 15 is 0 Å². The average molecular weight is 359 g/mol. The fourth-order valence-electron chi connectivity index (χ4n) is 3.58. The van der Waals surface area contributed by atoms with E-state index < -0.39 is 0 Å². The number of nitrogens with one attached hydrogen (secondary N) is 1. The summed E-state index contributed by atoms with van der Waals surface area (Å²) in [5.41, 5.74) is 4.00. The lowest BCUT2D eigenvalue weighted by Gasteiger charge is -2.17. The molecule has 0 unspecified atom stereocenters. The van der Waals surface area contributed by atoms with Gasteiger partial charge in [0.25, 0.3) is 0 Å². The van der Waals surface area contributed by atoms with Crippen LogP contribution >= 0.6 is 0 Å². The van der Waals surface area contributed by atoms with Crippen LogP contribution in [0.3, 0.4) is 0 Å². The summed E-state index contributed by atoms with van der Waals surface area (Å²) in [5, 5.41) is 27.3. The van der Waals surface area contributed by atoms with Crippen molar-refractivity contribution in [1.82, 2.24) is 15.1 Å². The maximum Gasteiger partial charge on any atom is 0.124 e. The van der Waals surface area contributed by atoms with Crippen molar-refractivity contribution in [3.8, 4) is 5.75 Å². The van der Waals surface area contributed by atoms with Gasteiger partial charge in [-0.15, -0.1) is 0 Å². The molecule has 1 aromatic heterocycles. The fraction of sp³-hybridized carbons (Fsp3) is 0.550. The summed E-state index contributed by atoms with van der Waals surface area (Å²) in [6.07, 6.45) is 1.39. The second-order valence-corrected chi connectivity index (χ2v) is 7.22. The molecule has 142 valence electrons. The predicted molar refractivity (Wildman–Crippen MR) is 100.0 cm³/mol. The molecule has 3 rings (SSSR count). The highest BCUT2D eigenvalue weighted by atomic mass is 16.5. The highest BCUT2D eigenvalue weighted by Gasteiger charge is 2.31. The van der Waals surface area contributed by atoms with Crippen LogP contribution in [0.4, 0.5) is 0 Å². The van der Waals surface area contributed by atoms with Gasteiger partial charge in [0.1, 0.15) is 5.75 Å². The first-order valence-corrected chi connectivity index (χ1v) is 9.35. The maximum absolute atomic E-state index is 10.4. The van der Waals surface area contributed by atoms with Crippen LogP contribution in [-0.2, 0) is 19.6 Å². The molecule has 1 aromatic carbocycles. The van der Waals surface area contributed by atoms with Crippen molar-refractivity contribution in [2.24, 2.45) is 5.92 Å². The zero-order valence-electron chi connectivity index (χ0n) is 15.6. The number of likely N-dealkylation sites (tertiary alicyclic amines) is 1. The van der Waals surface area contributed by atoms with Crippen LogP contribution in [0.2, 0.25) is 0 Å². The Hall–Kier alpha value is -1.89. The van der Waals surface area contributed by atoms with E-state index in [1.165, 1.54) is 0 Å². The number of benzene rings is 1. The van der Waals surface area contributed by atoms with E-state index in [0.717, 1.165) is 54.2 Å². The highest BCUT2D eigenvalue weighted by Crippen LogP contribution is 2.25. The third kappa shape index (κ3) is 4.63. The Labute approximate surface area is 154 Å². The van der Waals surface area contributed by atoms with Gasteiger partial charge in [0.05, 0.1) is 25.0 Å². The Bertz CT molecular complexity index is 716. The number of aliphatic hydroxyl groups excluding tert-OH is 2. The SMILES string of the molecule is CCCOc1ccc(CN2C[C@@H](Cc3cc(C)[nH]n3)[C@H](O)C2)cc1CO. The molecule has 0 spiro atoms. The molecule has 2 atom stereocenters. The smallest absolute Gasteiger partial charge is 0.124 e. The molecule has 26 heavy (non-hydrogen) atoms. The molecule has 6 nitrogen and oxygen atoms in total. The fourth-order valence-corrected chi connectivity index (χ4v) is 3.58. The number of aliphatic hydroxyl groups is 2. The maximum atomic E-state index is 10.4. The minimum Gasteiger partial charge on any atom is -0.493 e. The number of rotatable bonds is 8. The van der Waals surface area contributed by atoms with Crippen molar-refractivity contribution >= 4 is 0 Å². The molecule has 1 saturated heterocycles. The van der Waals surface area contributed by atoms with Crippen LogP contribution in [0.15, 0.2) is 24.3 Å². The van der Waals surface area contributed by atoms with Crippen LogP contribution in [0.25, 0.3) is 0 Å². The molecule has 0 amide bonds. The standard InChI is InChI=1S/C20H29N3O3/c1-3-6-26-20-5-4-15(8-17(20)13-24)10-23-11-16(19(25)12-23)9-18-7-14(2)21-22-18/h4-5,7-8,16,19,24-25H,3,6,9-13H2,1-2H3,(H,21,22)/t16-,19-/m1/s1. The number of hydrogen-bond donors (Lipinski definition) is 3. The summed E-state index contributed by atoms with van der Waals surface area (Å²) in [6.45, 7) is 6.93. The molecular weight excluding hydrogens is 330 g/mol. The summed E-state index contributed by atoms with van der Waals surface area (Å²) < 4.78 is 5.68. The molecule has 0 bridgehead atoms. The largest absolute Gasteiger partial charge is 0.493 e. The zero-order valence-corrected chi connectivity index (χ0v) is 15.6. The quantitative estimate of drug-likeness (QED) is 0.672. The summed E-state index contributed by atoms with van der Waals surface area (Å²) in [4.78, 5) is 2.26. The Balaban J connectivity index is 1.60. The normalized spacial score (nSPS) is 20.6. The van der Waals surface area contributed by atoms with Crippen molar-refractivity contribution in [1.29, 1.82) is 0 Å². The van der Waals surface area contributed by atoms with Crippen LogP contribution < -0.4 is 4.74 Å². The summed E-state index contributed by atoms with van der Waals surface area (Å²) in [6, 6.07) is 8.02. The molecule has 0 saturated carbocycles. The number of aromatic amines is 1. The van der Waals surface area contributed by atoms with Crippen molar-refractivity contribution in [2.75, 3.05) is 19.7 Å². The zero-order chi connectivity index (χ0) is 18.5. The molecule has 6 heteroatoms. The Morgan fingerprint density at radius 2 is 2.15 bits per heavy atom. The van der Waals surface area contributed by atoms with E-state index in [4.69, 9.17) is 4.74 Å². The monoisotopic (exact) mass is 359 g/mol. The predicted octanol–water partition coefficient (Wildman–Crippen LogP) is 2.03. The van der Waals surface area contributed by atoms with Crippen molar-refractivity contribution in [3.63, 3.8) is 0 Å². The van der Waals surface area contributed by atoms with E-state index in [9.17, 15) is 10.2 Å². The van der Waals surface area contributed by atoms with Gasteiger partial charge in [-0.05, 0) is 43.5 Å². The second-order valence-electron chi connectivity index (χ2n) is 7.22. The third-order valence-electron chi connectivity index (χ3n) is 4.88. The van der Waals surface area contributed by atoms with Gasteiger partial charge in [-0.3, -0.25) is 10.00 Å². The number of nitrogens with zero attached hydrogens (tertiary/aromatic N) is 2. The number of H-pyrrole nitrogens is 1. The summed E-state index contributed by atoms with van der Waals surface area (Å²) in [5.74, 6) is 0.952. The van der Waals surface area contributed by atoms with E-state index in [0.29, 0.717) is 13.2 Å². The summed E-state index contributed by atoms with van der Waals surface area (Å²) in [7, 11) is 0. The molecular formula is C20H29N3O3. The lowest BCUT2D eigenvalue weighted by atomic mass is 10.0. The van der Waals surface area contributed by atoms with Gasteiger partial charge in [-0.25, -0.2) is 0 Å². The molecule has 2 heterocycles. The average Bonchev–Trinajstić information content (AvgIpc) is 3.19. The van der Waals surface area contributed by atoms with Gasteiger partial charge in [-0.2, -0.15) is 5.10 Å². The van der Waals surface area contributed by atoms with Crippen LogP contribution in [0.1, 0.15) is 35.9 Å². The minimum absolute atomic E-state index is 0.0311. The van der Waals surface area contributed by atoms with Crippen LogP contribution in [-0.4, -0.2) is 51.1 Å². The molecule has 1 aliphatic heterocycles. The van der Waals surface area contributed by atoms with E-state index in [1.807, 2.05) is 31.2 Å². The number of hydrogen-bond acceptors (Lipinski definition) is 5. The van der Waals surface area contributed by atoms with Crippen molar-refractivity contribution < 1.29 is 14.9 Å². The third-order valence-corrected chi connectivity index (χ3v) is 4.88. The lowest BCUT2D eigenvalue weighted by molar-refractivity contribution is 0.140. The minimum atomic E-state index is -0.337. The first kappa shape index (κ1) is 18.9. The van der Waals surface area contributed by atoms with Gasteiger partial charge in [0.2, 0.25) is 0 Å². The molecule has 2 aromatic rings. The van der Waals surface area contributed by atoms with Crippen molar-refractivity contribution in [2.45, 2.75) is 45.9 Å². The first-order valence-electron chi connectivity index (χ1n) is 9.35. The van der Waals surface area contributed by atoms with Crippen molar-refractivity contribution in [3.05, 3.63) is 46.8 Å². The Morgan fingerprint density at radius 3 is 2.85 bits per heavy atom. The highest BCUT2D eigenvalue weighted by molar-refractivity contribution is 5.37. The second kappa shape index (κ2) is 8.66. The molecule has 0 aliphatic carbocycles. The number of β-amino-alcohol motifs (C(OH)–C–C–N with tert-alkyl or cyclic N) is 1. The molecule has 1 fully saturated rings. The Morgan fingerprint density at radius 1 is 1.31 bits per heavy atom. The lowest BCUT2D eigenvalue weighted by Crippen LogP contribution is -2.21. The number of aromatic nitrogens is 2. The first-order chi connectivity index (χ1) is 12.6. The number of ether oxygens (including phenoxy) is 1. The van der Waals surface area contributed by atoms with Gasteiger partial charge in [-0.1, -0.05) is 13.0 Å². The van der Waals surface area contributed by atoms with Crippen LogP contribution in [0.5, 0.6) is 5.75 Å². The van der Waals surface area contributed by atoms with Gasteiger partial charge in [0, 0.05) is 36.8 Å². The van der Waals surface area contributed by atoms with E-state index in [-0.39, 0.29) is 18.6 Å².